The molecular formula is C23H26N4O. The van der Waals surface area contributed by atoms with Crippen LogP contribution in [0.2, 0.25) is 0 Å². The van der Waals surface area contributed by atoms with Gasteiger partial charge in [0.15, 0.2) is 5.96 Å². The van der Waals surface area contributed by atoms with Crippen LogP contribution in [0.25, 0.3) is 0 Å². The SMILES string of the molecule is CCNC(=NCc1cccc(COc2ccccc2)c1)NCc1ccccn1. The quantitative estimate of drug-likeness (QED) is 0.464. The summed E-state index contributed by atoms with van der Waals surface area (Å²) in [5, 5.41) is 6.59. The number of pyridine rings is 1. The predicted octanol–water partition coefficient (Wildman–Crippen LogP) is 3.92. The lowest BCUT2D eigenvalue weighted by Gasteiger charge is -2.11. The molecule has 2 aromatic carbocycles. The Morgan fingerprint density at radius 3 is 2.54 bits per heavy atom. The summed E-state index contributed by atoms with van der Waals surface area (Å²) in [5.74, 6) is 1.65. The summed E-state index contributed by atoms with van der Waals surface area (Å²) in [6, 6.07) is 24.1. The molecule has 0 atom stereocenters. The van der Waals surface area contributed by atoms with Gasteiger partial charge >= 0.3 is 0 Å². The van der Waals surface area contributed by atoms with Gasteiger partial charge < -0.3 is 15.4 Å². The number of para-hydroxylation sites is 1. The predicted molar refractivity (Wildman–Crippen MR) is 113 cm³/mol. The van der Waals surface area contributed by atoms with Gasteiger partial charge in [-0.3, -0.25) is 4.98 Å². The van der Waals surface area contributed by atoms with E-state index in [0.717, 1.165) is 35.1 Å². The summed E-state index contributed by atoms with van der Waals surface area (Å²) in [5.41, 5.74) is 3.25. The molecule has 0 bridgehead atoms. The van der Waals surface area contributed by atoms with Gasteiger partial charge in [0.25, 0.3) is 0 Å². The van der Waals surface area contributed by atoms with Crippen molar-refractivity contribution in [2.45, 2.75) is 26.6 Å². The maximum atomic E-state index is 5.83. The minimum atomic E-state index is 0.541. The molecule has 1 aromatic heterocycles. The highest BCUT2D eigenvalue weighted by Gasteiger charge is 2.01. The van der Waals surface area contributed by atoms with Crippen molar-refractivity contribution in [3.05, 3.63) is 95.8 Å². The molecule has 0 fully saturated rings. The van der Waals surface area contributed by atoms with Crippen molar-refractivity contribution in [2.75, 3.05) is 6.54 Å². The molecule has 0 aliphatic heterocycles. The first-order valence-corrected chi connectivity index (χ1v) is 9.51. The van der Waals surface area contributed by atoms with E-state index in [4.69, 9.17) is 4.74 Å². The van der Waals surface area contributed by atoms with Crippen LogP contribution in [0.5, 0.6) is 5.75 Å². The molecule has 144 valence electrons. The highest BCUT2D eigenvalue weighted by Crippen LogP contribution is 2.13. The van der Waals surface area contributed by atoms with Crippen LogP contribution in [-0.2, 0) is 19.7 Å². The first-order chi connectivity index (χ1) is 13.8. The Morgan fingerprint density at radius 2 is 1.75 bits per heavy atom. The van der Waals surface area contributed by atoms with Crippen molar-refractivity contribution >= 4 is 5.96 Å². The lowest BCUT2D eigenvalue weighted by molar-refractivity contribution is 0.306. The van der Waals surface area contributed by atoms with Gasteiger partial charge in [-0.25, -0.2) is 4.99 Å². The summed E-state index contributed by atoms with van der Waals surface area (Å²) in [6.07, 6.45) is 1.80. The third-order valence-electron chi connectivity index (χ3n) is 4.07. The number of hydrogen-bond acceptors (Lipinski definition) is 3. The summed E-state index contributed by atoms with van der Waals surface area (Å²) < 4.78 is 5.83. The second-order valence-electron chi connectivity index (χ2n) is 6.29. The van der Waals surface area contributed by atoms with E-state index in [0.29, 0.717) is 19.7 Å². The molecule has 28 heavy (non-hydrogen) atoms. The topological polar surface area (TPSA) is 58.5 Å². The number of aliphatic imine (C=N–C) groups is 1. The van der Waals surface area contributed by atoms with Crippen LogP contribution in [0.15, 0.2) is 84.0 Å². The Kier molecular flexibility index (Phi) is 7.44. The van der Waals surface area contributed by atoms with Gasteiger partial charge in [-0.05, 0) is 42.3 Å². The molecule has 0 aliphatic rings. The van der Waals surface area contributed by atoms with E-state index >= 15 is 0 Å². The van der Waals surface area contributed by atoms with Crippen molar-refractivity contribution in [2.24, 2.45) is 4.99 Å². The Bertz CT molecular complexity index is 866. The van der Waals surface area contributed by atoms with Crippen LogP contribution in [-0.4, -0.2) is 17.5 Å². The van der Waals surface area contributed by atoms with Crippen molar-refractivity contribution < 1.29 is 4.74 Å². The van der Waals surface area contributed by atoms with Gasteiger partial charge in [0.1, 0.15) is 12.4 Å². The second kappa shape index (κ2) is 10.7. The number of nitrogens with one attached hydrogen (secondary N) is 2. The molecule has 0 amide bonds. The second-order valence-corrected chi connectivity index (χ2v) is 6.29. The molecule has 5 heteroatoms. The molecule has 0 radical (unpaired) electrons. The molecule has 3 aromatic rings. The maximum absolute atomic E-state index is 5.83. The number of ether oxygens (including phenoxy) is 1. The van der Waals surface area contributed by atoms with Crippen LogP contribution in [0, 0.1) is 0 Å². The number of nitrogens with zero attached hydrogens (tertiary/aromatic N) is 2. The molecule has 0 unspecified atom stereocenters. The molecule has 1 heterocycles. The highest BCUT2D eigenvalue weighted by molar-refractivity contribution is 5.79. The van der Waals surface area contributed by atoms with E-state index < -0.39 is 0 Å². The van der Waals surface area contributed by atoms with Crippen LogP contribution >= 0.6 is 0 Å². The van der Waals surface area contributed by atoms with Crippen molar-refractivity contribution in [3.63, 3.8) is 0 Å². The zero-order chi connectivity index (χ0) is 19.4. The zero-order valence-corrected chi connectivity index (χ0v) is 16.1. The fourth-order valence-electron chi connectivity index (χ4n) is 2.69. The number of rotatable bonds is 8. The van der Waals surface area contributed by atoms with Crippen LogP contribution in [0.4, 0.5) is 0 Å². The van der Waals surface area contributed by atoms with Crippen LogP contribution < -0.4 is 15.4 Å². The van der Waals surface area contributed by atoms with Crippen LogP contribution in [0.1, 0.15) is 23.7 Å². The van der Waals surface area contributed by atoms with Gasteiger partial charge in [-0.1, -0.05) is 48.5 Å². The van der Waals surface area contributed by atoms with Gasteiger partial charge in [0, 0.05) is 12.7 Å². The van der Waals surface area contributed by atoms with Gasteiger partial charge in [0.05, 0.1) is 18.8 Å². The standard InChI is InChI=1S/C23H26N4O/c1-2-24-23(27-17-21-11-6-7-14-25-21)26-16-19-9-8-10-20(15-19)18-28-22-12-4-3-5-13-22/h3-15H,2,16-18H2,1H3,(H2,24,26,27). The van der Waals surface area contributed by atoms with Crippen molar-refractivity contribution in [1.29, 1.82) is 0 Å². The van der Waals surface area contributed by atoms with Crippen molar-refractivity contribution in [3.8, 4) is 5.75 Å². The van der Waals surface area contributed by atoms with E-state index in [1.54, 1.807) is 6.20 Å². The monoisotopic (exact) mass is 374 g/mol. The molecule has 0 saturated carbocycles. The first kappa shape index (κ1) is 19.4. The van der Waals surface area contributed by atoms with E-state index in [9.17, 15) is 0 Å². The maximum Gasteiger partial charge on any atom is 0.191 e. The average molecular weight is 374 g/mol. The number of benzene rings is 2. The average Bonchev–Trinajstić information content (AvgIpc) is 2.76. The summed E-state index contributed by atoms with van der Waals surface area (Å²) in [7, 11) is 0. The molecule has 5 nitrogen and oxygen atoms in total. The Morgan fingerprint density at radius 1 is 0.929 bits per heavy atom. The van der Waals surface area contributed by atoms with E-state index in [1.807, 2.05) is 54.6 Å². The molecule has 0 aliphatic carbocycles. The normalized spacial score (nSPS) is 11.1. The Balaban J connectivity index is 1.57. The van der Waals surface area contributed by atoms with Crippen LogP contribution in [0.3, 0.4) is 0 Å². The fraction of sp³-hybridized carbons (Fsp3) is 0.217. The smallest absolute Gasteiger partial charge is 0.191 e. The molecule has 0 saturated heterocycles. The highest BCUT2D eigenvalue weighted by atomic mass is 16.5. The Hall–Kier alpha value is -3.34. The summed E-state index contributed by atoms with van der Waals surface area (Å²) in [4.78, 5) is 9.01. The zero-order valence-electron chi connectivity index (χ0n) is 16.1. The fourth-order valence-corrected chi connectivity index (χ4v) is 2.69. The minimum Gasteiger partial charge on any atom is -0.489 e. The first-order valence-electron chi connectivity index (χ1n) is 9.51. The van der Waals surface area contributed by atoms with E-state index in [1.165, 1.54) is 0 Å². The lowest BCUT2D eigenvalue weighted by Crippen LogP contribution is -2.37. The van der Waals surface area contributed by atoms with Gasteiger partial charge in [0.2, 0.25) is 0 Å². The molecule has 0 spiro atoms. The number of aromatic nitrogens is 1. The van der Waals surface area contributed by atoms with Gasteiger partial charge in [-0.2, -0.15) is 0 Å². The molecule has 2 N–H and O–H groups in total. The molecular weight excluding hydrogens is 348 g/mol. The Labute approximate surface area is 166 Å². The minimum absolute atomic E-state index is 0.541. The number of guanidine groups is 1. The number of hydrogen-bond donors (Lipinski definition) is 2. The van der Waals surface area contributed by atoms with E-state index in [2.05, 4.69) is 45.7 Å². The third kappa shape index (κ3) is 6.43. The molecule has 3 rings (SSSR count). The summed E-state index contributed by atoms with van der Waals surface area (Å²) >= 11 is 0. The van der Waals surface area contributed by atoms with E-state index in [-0.39, 0.29) is 0 Å². The summed E-state index contributed by atoms with van der Waals surface area (Å²) in [6.45, 7) is 4.63. The third-order valence-corrected chi connectivity index (χ3v) is 4.07. The van der Waals surface area contributed by atoms with Gasteiger partial charge in [-0.15, -0.1) is 0 Å². The lowest BCUT2D eigenvalue weighted by atomic mass is 10.1. The van der Waals surface area contributed by atoms with Crippen molar-refractivity contribution in [1.82, 2.24) is 15.6 Å². The largest absolute Gasteiger partial charge is 0.489 e.